The van der Waals surface area contributed by atoms with Crippen LogP contribution >= 0.6 is 0 Å². The third-order valence-corrected chi connectivity index (χ3v) is 2.22. The first-order chi connectivity index (χ1) is 7.49. The van der Waals surface area contributed by atoms with Gasteiger partial charge in [0.15, 0.2) is 0 Å². The van der Waals surface area contributed by atoms with Crippen LogP contribution in [-0.2, 0) is 4.79 Å². The van der Waals surface area contributed by atoms with Crippen molar-refractivity contribution in [3.63, 3.8) is 0 Å². The fraction of sp³-hybridized carbons (Fsp3) is 0.500. The first-order valence-corrected chi connectivity index (χ1v) is 5.42. The van der Waals surface area contributed by atoms with E-state index in [1.807, 2.05) is 32.9 Å². The maximum Gasteiger partial charge on any atom is 0.326 e. The second-order valence-corrected chi connectivity index (χ2v) is 4.33. The van der Waals surface area contributed by atoms with E-state index >= 15 is 0 Å². The van der Waals surface area contributed by atoms with Crippen molar-refractivity contribution in [2.75, 3.05) is 5.32 Å². The van der Waals surface area contributed by atoms with Crippen molar-refractivity contribution in [2.45, 2.75) is 33.2 Å². The number of carboxylic acids is 1. The standard InChI is InChI=1S/C12H18N2O2/c1-8(2)7-10(12(15)16)14-11-6-4-5-9(3)13-11/h4-6,8,10H,7H2,1-3H3,(H,13,14)(H,15,16)/t10-/m1/s1. The highest BCUT2D eigenvalue weighted by molar-refractivity contribution is 5.76. The second-order valence-electron chi connectivity index (χ2n) is 4.33. The quantitative estimate of drug-likeness (QED) is 0.802. The van der Waals surface area contributed by atoms with E-state index < -0.39 is 12.0 Å². The summed E-state index contributed by atoms with van der Waals surface area (Å²) in [7, 11) is 0. The van der Waals surface area contributed by atoms with Crippen LogP contribution in [0, 0.1) is 12.8 Å². The first-order valence-electron chi connectivity index (χ1n) is 5.42. The van der Waals surface area contributed by atoms with Crippen molar-refractivity contribution >= 4 is 11.8 Å². The molecule has 0 aliphatic carbocycles. The summed E-state index contributed by atoms with van der Waals surface area (Å²) in [6.07, 6.45) is 0.588. The van der Waals surface area contributed by atoms with Gasteiger partial charge in [-0.3, -0.25) is 0 Å². The molecule has 1 atom stereocenters. The number of nitrogens with one attached hydrogen (secondary N) is 1. The monoisotopic (exact) mass is 222 g/mol. The average Bonchev–Trinajstić information content (AvgIpc) is 2.15. The molecule has 4 nitrogen and oxygen atoms in total. The Hall–Kier alpha value is -1.58. The van der Waals surface area contributed by atoms with Gasteiger partial charge >= 0.3 is 5.97 Å². The minimum absolute atomic E-state index is 0.332. The van der Waals surface area contributed by atoms with Crippen LogP contribution in [-0.4, -0.2) is 22.1 Å². The third-order valence-electron chi connectivity index (χ3n) is 2.22. The van der Waals surface area contributed by atoms with Crippen molar-refractivity contribution in [1.82, 2.24) is 4.98 Å². The summed E-state index contributed by atoms with van der Waals surface area (Å²) in [4.78, 5) is 15.3. The largest absolute Gasteiger partial charge is 0.480 e. The van der Waals surface area contributed by atoms with E-state index in [9.17, 15) is 4.79 Å². The van der Waals surface area contributed by atoms with Crippen LogP contribution in [0.5, 0.6) is 0 Å². The summed E-state index contributed by atoms with van der Waals surface area (Å²) < 4.78 is 0. The number of aromatic nitrogens is 1. The summed E-state index contributed by atoms with van der Waals surface area (Å²) in [6, 6.07) is 4.94. The van der Waals surface area contributed by atoms with Crippen LogP contribution in [0.1, 0.15) is 26.0 Å². The number of aryl methyl sites for hydroxylation is 1. The van der Waals surface area contributed by atoms with Gasteiger partial charge in [-0.05, 0) is 31.4 Å². The molecule has 1 heterocycles. The van der Waals surface area contributed by atoms with Crippen molar-refractivity contribution in [1.29, 1.82) is 0 Å². The first kappa shape index (κ1) is 12.5. The molecule has 0 saturated heterocycles. The van der Waals surface area contributed by atoms with Crippen molar-refractivity contribution in [3.05, 3.63) is 23.9 Å². The molecular weight excluding hydrogens is 204 g/mol. The molecule has 0 aromatic carbocycles. The highest BCUT2D eigenvalue weighted by Gasteiger charge is 2.18. The molecule has 88 valence electrons. The smallest absolute Gasteiger partial charge is 0.326 e. The van der Waals surface area contributed by atoms with Gasteiger partial charge in [0.2, 0.25) is 0 Å². The van der Waals surface area contributed by atoms with E-state index in [0.717, 1.165) is 5.69 Å². The van der Waals surface area contributed by atoms with Crippen LogP contribution in [0.4, 0.5) is 5.82 Å². The lowest BCUT2D eigenvalue weighted by Gasteiger charge is -2.17. The molecule has 0 amide bonds. The van der Waals surface area contributed by atoms with Gasteiger partial charge in [0, 0.05) is 5.69 Å². The zero-order chi connectivity index (χ0) is 12.1. The van der Waals surface area contributed by atoms with Gasteiger partial charge in [0.1, 0.15) is 11.9 Å². The van der Waals surface area contributed by atoms with Gasteiger partial charge < -0.3 is 10.4 Å². The molecule has 0 unspecified atom stereocenters. The fourth-order valence-electron chi connectivity index (χ4n) is 1.49. The van der Waals surface area contributed by atoms with E-state index in [2.05, 4.69) is 10.3 Å². The molecular formula is C12H18N2O2. The second kappa shape index (κ2) is 5.49. The van der Waals surface area contributed by atoms with E-state index in [1.165, 1.54) is 0 Å². The summed E-state index contributed by atoms with van der Waals surface area (Å²) in [5.41, 5.74) is 0.874. The lowest BCUT2D eigenvalue weighted by Crippen LogP contribution is -2.31. The molecule has 1 aromatic rings. The Bertz CT molecular complexity index is 364. The number of rotatable bonds is 5. The van der Waals surface area contributed by atoms with E-state index in [1.54, 1.807) is 6.07 Å². The van der Waals surface area contributed by atoms with Crippen molar-refractivity contribution in [2.24, 2.45) is 5.92 Å². The molecule has 0 radical (unpaired) electrons. The van der Waals surface area contributed by atoms with Gasteiger partial charge in [-0.2, -0.15) is 0 Å². The van der Waals surface area contributed by atoms with Crippen LogP contribution in [0.25, 0.3) is 0 Å². The van der Waals surface area contributed by atoms with E-state index in [0.29, 0.717) is 18.2 Å². The van der Waals surface area contributed by atoms with E-state index in [-0.39, 0.29) is 0 Å². The Kier molecular flexibility index (Phi) is 4.28. The molecule has 2 N–H and O–H groups in total. The van der Waals surface area contributed by atoms with Crippen molar-refractivity contribution in [3.8, 4) is 0 Å². The summed E-state index contributed by atoms with van der Waals surface area (Å²) >= 11 is 0. The number of aliphatic carboxylic acids is 1. The normalized spacial score (nSPS) is 12.5. The van der Waals surface area contributed by atoms with Crippen LogP contribution in [0.2, 0.25) is 0 Å². The number of anilines is 1. The van der Waals surface area contributed by atoms with Crippen molar-refractivity contribution < 1.29 is 9.90 Å². The van der Waals surface area contributed by atoms with Gasteiger partial charge in [0.05, 0.1) is 0 Å². The number of carboxylic acid groups (broad SMARTS) is 1. The molecule has 1 aromatic heterocycles. The van der Waals surface area contributed by atoms with Gasteiger partial charge in [-0.1, -0.05) is 19.9 Å². The fourth-order valence-corrected chi connectivity index (χ4v) is 1.49. The Morgan fingerprint density at radius 1 is 1.50 bits per heavy atom. The zero-order valence-electron chi connectivity index (χ0n) is 9.90. The van der Waals surface area contributed by atoms with Crippen LogP contribution < -0.4 is 5.32 Å². The van der Waals surface area contributed by atoms with E-state index in [4.69, 9.17) is 5.11 Å². The average molecular weight is 222 g/mol. The molecule has 0 fully saturated rings. The zero-order valence-corrected chi connectivity index (χ0v) is 9.90. The molecule has 16 heavy (non-hydrogen) atoms. The molecule has 4 heteroatoms. The summed E-state index contributed by atoms with van der Waals surface area (Å²) in [5, 5.41) is 12.0. The predicted octanol–water partition coefficient (Wildman–Crippen LogP) is 2.30. The Balaban J connectivity index is 2.71. The lowest BCUT2D eigenvalue weighted by atomic mass is 10.0. The number of nitrogens with zero attached hydrogens (tertiary/aromatic N) is 1. The Labute approximate surface area is 95.7 Å². The Morgan fingerprint density at radius 3 is 2.69 bits per heavy atom. The number of carbonyl (C=O) groups is 1. The lowest BCUT2D eigenvalue weighted by molar-refractivity contribution is -0.138. The number of hydrogen-bond acceptors (Lipinski definition) is 3. The maximum atomic E-state index is 11.0. The Morgan fingerprint density at radius 2 is 2.19 bits per heavy atom. The molecule has 0 spiro atoms. The molecule has 0 aliphatic rings. The molecule has 0 bridgehead atoms. The SMILES string of the molecule is Cc1cccc(N[C@H](CC(C)C)C(=O)O)n1. The molecule has 0 aliphatic heterocycles. The molecule has 0 saturated carbocycles. The molecule has 1 rings (SSSR count). The summed E-state index contributed by atoms with van der Waals surface area (Å²) in [6.45, 7) is 5.88. The minimum atomic E-state index is -0.836. The van der Waals surface area contributed by atoms with Gasteiger partial charge in [-0.25, -0.2) is 9.78 Å². The third kappa shape index (κ3) is 3.88. The highest BCUT2D eigenvalue weighted by atomic mass is 16.4. The minimum Gasteiger partial charge on any atom is -0.480 e. The summed E-state index contributed by atoms with van der Waals surface area (Å²) in [5.74, 6) is 0.114. The number of pyridine rings is 1. The van der Waals surface area contributed by atoms with Crippen LogP contribution in [0.15, 0.2) is 18.2 Å². The van der Waals surface area contributed by atoms with Crippen LogP contribution in [0.3, 0.4) is 0 Å². The highest BCUT2D eigenvalue weighted by Crippen LogP contribution is 2.11. The van der Waals surface area contributed by atoms with Gasteiger partial charge in [0.25, 0.3) is 0 Å². The topological polar surface area (TPSA) is 62.2 Å². The maximum absolute atomic E-state index is 11.0. The predicted molar refractivity (Wildman–Crippen MR) is 63.5 cm³/mol. The number of hydrogen-bond donors (Lipinski definition) is 2. The van der Waals surface area contributed by atoms with Gasteiger partial charge in [-0.15, -0.1) is 0 Å².